The lowest BCUT2D eigenvalue weighted by Gasteiger charge is -2.23. The highest BCUT2D eigenvalue weighted by molar-refractivity contribution is 14.0. The summed E-state index contributed by atoms with van der Waals surface area (Å²) in [6, 6.07) is 9.29. The lowest BCUT2D eigenvalue weighted by atomic mass is 10.1. The van der Waals surface area contributed by atoms with E-state index in [1.165, 1.54) is 69.3 Å². The van der Waals surface area contributed by atoms with E-state index in [0.29, 0.717) is 18.5 Å². The van der Waals surface area contributed by atoms with Gasteiger partial charge in [0.25, 0.3) is 0 Å². The molecule has 0 aliphatic carbocycles. The molecule has 0 saturated carbocycles. The van der Waals surface area contributed by atoms with Crippen LogP contribution < -0.4 is 11.1 Å². The van der Waals surface area contributed by atoms with Gasteiger partial charge < -0.3 is 11.1 Å². The highest BCUT2D eigenvalue weighted by Gasteiger charge is 2.22. The van der Waals surface area contributed by atoms with Crippen LogP contribution in [0.3, 0.4) is 0 Å². The van der Waals surface area contributed by atoms with Crippen molar-refractivity contribution in [1.29, 1.82) is 0 Å². The zero-order valence-electron chi connectivity index (χ0n) is 17.4. The number of likely N-dealkylation sites (N-methyl/N-ethyl adjacent to an activating group) is 1. The van der Waals surface area contributed by atoms with Crippen LogP contribution >= 0.6 is 24.0 Å². The van der Waals surface area contributed by atoms with Crippen molar-refractivity contribution < 1.29 is 0 Å². The molecule has 3 rings (SSSR count). The summed E-state index contributed by atoms with van der Waals surface area (Å²) in [7, 11) is 0. The first kappa shape index (κ1) is 23.4. The first-order valence-corrected chi connectivity index (χ1v) is 10.8. The van der Waals surface area contributed by atoms with Crippen LogP contribution in [0.5, 0.6) is 0 Å². The number of likely N-dealkylation sites (tertiary alicyclic amines) is 2. The molecule has 0 amide bonds. The van der Waals surface area contributed by atoms with E-state index < -0.39 is 0 Å². The van der Waals surface area contributed by atoms with Crippen LogP contribution in [0.25, 0.3) is 0 Å². The molecule has 2 aliphatic heterocycles. The van der Waals surface area contributed by atoms with Crippen molar-refractivity contribution in [2.75, 3.05) is 32.7 Å². The summed E-state index contributed by atoms with van der Waals surface area (Å²) < 4.78 is 0. The van der Waals surface area contributed by atoms with Crippen molar-refractivity contribution in [2.45, 2.75) is 64.6 Å². The highest BCUT2D eigenvalue weighted by atomic mass is 127. The number of nitrogens with one attached hydrogen (secondary N) is 1. The average Bonchev–Trinajstić information content (AvgIpc) is 3.00. The molecule has 0 spiro atoms. The monoisotopic (exact) mass is 499 g/mol. The van der Waals surface area contributed by atoms with Gasteiger partial charge in [-0.3, -0.25) is 9.80 Å². The normalized spacial score (nSPS) is 21.9. The fraction of sp³-hybridized carbons (Fsp3) is 0.682. The van der Waals surface area contributed by atoms with Crippen molar-refractivity contribution in [1.82, 2.24) is 15.1 Å². The van der Waals surface area contributed by atoms with Crippen LogP contribution in [-0.2, 0) is 13.1 Å². The molecule has 158 valence electrons. The molecular weight excluding hydrogens is 461 g/mol. The lowest BCUT2D eigenvalue weighted by molar-refractivity contribution is 0.267. The average molecular weight is 499 g/mol. The largest absolute Gasteiger partial charge is 0.370 e. The van der Waals surface area contributed by atoms with E-state index in [-0.39, 0.29) is 24.0 Å². The van der Waals surface area contributed by atoms with E-state index >= 15 is 0 Å². The third-order valence-corrected chi connectivity index (χ3v) is 6.05. The Bertz CT molecular complexity index is 598. The summed E-state index contributed by atoms with van der Waals surface area (Å²) in [4.78, 5) is 9.74. The second kappa shape index (κ2) is 12.6. The van der Waals surface area contributed by atoms with E-state index in [4.69, 9.17) is 5.73 Å². The van der Waals surface area contributed by atoms with Crippen LogP contribution in [0.1, 0.15) is 56.6 Å². The van der Waals surface area contributed by atoms with Gasteiger partial charge in [0.05, 0.1) is 6.54 Å². The molecule has 0 bridgehead atoms. The third-order valence-electron chi connectivity index (χ3n) is 6.05. The Morgan fingerprint density at radius 1 is 1.07 bits per heavy atom. The number of guanidine groups is 1. The molecule has 1 aromatic carbocycles. The number of benzene rings is 1. The van der Waals surface area contributed by atoms with Crippen molar-refractivity contribution in [3.05, 3.63) is 35.4 Å². The Morgan fingerprint density at radius 3 is 2.50 bits per heavy atom. The molecule has 3 N–H and O–H groups in total. The van der Waals surface area contributed by atoms with E-state index in [2.05, 4.69) is 51.3 Å². The fourth-order valence-corrected chi connectivity index (χ4v) is 4.39. The van der Waals surface area contributed by atoms with E-state index in [9.17, 15) is 0 Å². The molecule has 5 nitrogen and oxygen atoms in total. The standard InChI is InChI=1S/C22H37N5.HI/c1-2-27-15-9-12-21(27)17-25-22(23)24-16-19-10-5-6-11-20(19)18-26-13-7-3-4-8-14-26;/h5-6,10-11,21H,2-4,7-9,12-18H2,1H3,(H3,23,24,25);1H. The number of nitrogens with two attached hydrogens (primary N) is 1. The quantitative estimate of drug-likeness (QED) is 0.342. The van der Waals surface area contributed by atoms with Gasteiger partial charge in [-0.15, -0.1) is 24.0 Å². The van der Waals surface area contributed by atoms with Gasteiger partial charge in [-0.25, -0.2) is 4.99 Å². The summed E-state index contributed by atoms with van der Waals surface area (Å²) in [5.41, 5.74) is 8.84. The zero-order chi connectivity index (χ0) is 18.9. The smallest absolute Gasteiger partial charge is 0.188 e. The minimum atomic E-state index is 0. The minimum absolute atomic E-state index is 0. The van der Waals surface area contributed by atoms with Crippen LogP contribution in [0.2, 0.25) is 0 Å². The number of halogens is 1. The number of aliphatic imine (C=N–C) groups is 1. The summed E-state index contributed by atoms with van der Waals surface area (Å²) in [6.07, 6.45) is 7.95. The number of nitrogens with zero attached hydrogens (tertiary/aromatic N) is 3. The van der Waals surface area contributed by atoms with Gasteiger partial charge in [0.1, 0.15) is 0 Å². The van der Waals surface area contributed by atoms with Crippen molar-refractivity contribution in [3.8, 4) is 0 Å². The maximum absolute atomic E-state index is 6.15. The molecule has 0 radical (unpaired) electrons. The first-order chi connectivity index (χ1) is 13.3. The molecule has 1 atom stereocenters. The van der Waals surface area contributed by atoms with E-state index in [0.717, 1.165) is 19.6 Å². The molecular formula is C22H38IN5. The SMILES string of the molecule is CCN1CCCC1CNC(N)=NCc1ccccc1CN1CCCCCC1.I. The van der Waals surface area contributed by atoms with Crippen LogP contribution in [0.4, 0.5) is 0 Å². The highest BCUT2D eigenvalue weighted by Crippen LogP contribution is 2.17. The molecule has 1 aromatic rings. The fourth-order valence-electron chi connectivity index (χ4n) is 4.39. The van der Waals surface area contributed by atoms with Gasteiger partial charge in [-0.2, -0.15) is 0 Å². The lowest BCUT2D eigenvalue weighted by Crippen LogP contribution is -2.42. The number of rotatable bonds is 7. The Balaban J connectivity index is 0.00000280. The van der Waals surface area contributed by atoms with E-state index in [1.54, 1.807) is 0 Å². The molecule has 1 unspecified atom stereocenters. The van der Waals surface area contributed by atoms with Crippen molar-refractivity contribution in [3.63, 3.8) is 0 Å². The molecule has 2 saturated heterocycles. The predicted octanol–water partition coefficient (Wildman–Crippen LogP) is 3.57. The van der Waals surface area contributed by atoms with Crippen molar-refractivity contribution >= 4 is 29.9 Å². The van der Waals surface area contributed by atoms with Crippen LogP contribution in [0, 0.1) is 0 Å². The maximum Gasteiger partial charge on any atom is 0.188 e. The van der Waals surface area contributed by atoms with Gasteiger partial charge in [-0.05, 0) is 63.0 Å². The van der Waals surface area contributed by atoms with Gasteiger partial charge in [0.15, 0.2) is 5.96 Å². The second-order valence-corrected chi connectivity index (χ2v) is 7.97. The van der Waals surface area contributed by atoms with Crippen LogP contribution in [0.15, 0.2) is 29.3 Å². The maximum atomic E-state index is 6.15. The van der Waals surface area contributed by atoms with Gasteiger partial charge in [-0.1, -0.05) is 44.0 Å². The molecule has 2 fully saturated rings. The summed E-state index contributed by atoms with van der Waals surface area (Å²) in [6.45, 7) is 9.59. The van der Waals surface area contributed by atoms with Crippen molar-refractivity contribution in [2.24, 2.45) is 10.7 Å². The third kappa shape index (κ3) is 7.19. The first-order valence-electron chi connectivity index (χ1n) is 10.8. The second-order valence-electron chi connectivity index (χ2n) is 7.97. The molecule has 2 aliphatic rings. The van der Waals surface area contributed by atoms with Crippen LogP contribution in [-0.4, -0.2) is 54.5 Å². The van der Waals surface area contributed by atoms with Gasteiger partial charge >= 0.3 is 0 Å². The Labute approximate surface area is 188 Å². The topological polar surface area (TPSA) is 56.9 Å². The number of hydrogen-bond acceptors (Lipinski definition) is 3. The Morgan fingerprint density at radius 2 is 1.79 bits per heavy atom. The molecule has 2 heterocycles. The zero-order valence-corrected chi connectivity index (χ0v) is 19.7. The molecule has 0 aromatic heterocycles. The van der Waals surface area contributed by atoms with E-state index in [1.807, 2.05) is 0 Å². The summed E-state index contributed by atoms with van der Waals surface area (Å²) >= 11 is 0. The summed E-state index contributed by atoms with van der Waals surface area (Å²) in [5.74, 6) is 0.572. The molecule has 6 heteroatoms. The number of hydrogen-bond donors (Lipinski definition) is 2. The Hall–Kier alpha value is -0.860. The summed E-state index contributed by atoms with van der Waals surface area (Å²) in [5, 5.41) is 3.34. The van der Waals surface area contributed by atoms with Gasteiger partial charge in [0, 0.05) is 19.1 Å². The molecule has 28 heavy (non-hydrogen) atoms. The predicted molar refractivity (Wildman–Crippen MR) is 129 cm³/mol. The Kier molecular flexibility index (Phi) is 10.6. The van der Waals surface area contributed by atoms with Gasteiger partial charge in [0.2, 0.25) is 0 Å². The minimum Gasteiger partial charge on any atom is -0.370 e.